The minimum atomic E-state index is -0.246. The van der Waals surface area contributed by atoms with Crippen LogP contribution in [0.2, 0.25) is 0 Å². The van der Waals surface area contributed by atoms with Gasteiger partial charge in [-0.2, -0.15) is 0 Å². The molecule has 0 aromatic heterocycles. The molecular weight excluding hydrogens is 204 g/mol. The maximum absolute atomic E-state index is 6.44. The minimum absolute atomic E-state index is 0.246. The maximum Gasteiger partial charge on any atom is 0.112 e. The number of halogens is 1. The monoisotopic (exact) mass is 216 g/mol. The van der Waals surface area contributed by atoms with Crippen molar-refractivity contribution in [3.05, 3.63) is 35.9 Å². The number of hydrogen-bond acceptors (Lipinski definition) is 0. The van der Waals surface area contributed by atoms with Gasteiger partial charge in [-0.05, 0) is 24.8 Å². The molecule has 0 aliphatic heterocycles. The highest BCUT2D eigenvalue weighted by atomic mass is 35.5. The zero-order valence-electron chi connectivity index (χ0n) is 8.54. The van der Waals surface area contributed by atoms with Gasteiger partial charge < -0.3 is 0 Å². The van der Waals surface area contributed by atoms with E-state index in [2.05, 4.69) is 36.1 Å². The Balaban J connectivity index is 1.75. The molecule has 2 aliphatic carbocycles. The van der Waals surface area contributed by atoms with Gasteiger partial charge in [0, 0.05) is 11.8 Å². The van der Waals surface area contributed by atoms with Gasteiger partial charge in [0.05, 0.1) is 0 Å². The molecule has 1 aromatic carbocycles. The molecule has 0 bridgehead atoms. The summed E-state index contributed by atoms with van der Waals surface area (Å²) < 4.78 is 0. The summed E-state index contributed by atoms with van der Waals surface area (Å²) in [6.07, 6.45) is 3.56. The van der Waals surface area contributed by atoms with Crippen LogP contribution >= 0.6 is 11.6 Å². The van der Waals surface area contributed by atoms with Crippen LogP contribution in [0.3, 0.4) is 0 Å². The summed E-state index contributed by atoms with van der Waals surface area (Å²) in [5, 5.41) is 0. The van der Waals surface area contributed by atoms with Gasteiger partial charge in [-0.3, -0.25) is 0 Å². The number of alkyl halides is 1. The van der Waals surface area contributed by atoms with Crippen LogP contribution in [-0.2, 0) is 0 Å². The van der Waals surface area contributed by atoms with E-state index < -0.39 is 0 Å². The first-order valence-electron chi connectivity index (χ1n) is 5.54. The molecule has 2 saturated carbocycles. The molecule has 1 aromatic rings. The zero-order valence-corrected chi connectivity index (χ0v) is 9.30. The van der Waals surface area contributed by atoms with E-state index in [1.54, 1.807) is 0 Å². The second-order valence-corrected chi connectivity index (χ2v) is 5.25. The predicted octanol–water partition coefficient (Wildman–Crippen LogP) is 3.56. The van der Waals surface area contributed by atoms with E-state index in [0.29, 0.717) is 11.8 Å². The van der Waals surface area contributed by atoms with Crippen LogP contribution < -0.4 is 0 Å². The highest BCUT2D eigenvalue weighted by Gasteiger charge is 2.52. The topological polar surface area (TPSA) is 0 Å². The fourth-order valence-electron chi connectivity index (χ4n) is 1.89. The van der Waals surface area contributed by atoms with Gasteiger partial charge in [0.2, 0.25) is 0 Å². The van der Waals surface area contributed by atoms with Gasteiger partial charge in [0.15, 0.2) is 0 Å². The molecule has 0 unspecified atom stereocenters. The fraction of sp³-hybridized carbons (Fsp3) is 0.429. The summed E-state index contributed by atoms with van der Waals surface area (Å²) in [6.45, 7) is 0. The fourth-order valence-corrected chi connectivity index (χ4v) is 2.23. The van der Waals surface area contributed by atoms with Crippen molar-refractivity contribution in [1.29, 1.82) is 0 Å². The lowest BCUT2D eigenvalue weighted by molar-refractivity contribution is 1.06. The molecule has 0 nitrogen and oxygen atoms in total. The van der Waals surface area contributed by atoms with Gasteiger partial charge in [0.1, 0.15) is 4.87 Å². The van der Waals surface area contributed by atoms with Crippen LogP contribution in [0, 0.1) is 17.8 Å². The molecule has 15 heavy (non-hydrogen) atoms. The van der Waals surface area contributed by atoms with Crippen molar-refractivity contribution in [3.8, 4) is 11.8 Å². The van der Waals surface area contributed by atoms with E-state index in [1.807, 2.05) is 6.07 Å². The molecule has 0 heterocycles. The van der Waals surface area contributed by atoms with Gasteiger partial charge in [0.25, 0.3) is 0 Å². The summed E-state index contributed by atoms with van der Waals surface area (Å²) in [7, 11) is 0. The Morgan fingerprint density at radius 2 is 1.93 bits per heavy atom. The Hall–Kier alpha value is -0.930. The van der Waals surface area contributed by atoms with Crippen molar-refractivity contribution in [3.63, 3.8) is 0 Å². The maximum atomic E-state index is 6.44. The number of rotatable bonds is 1. The van der Waals surface area contributed by atoms with Crippen molar-refractivity contribution in [1.82, 2.24) is 0 Å². The number of benzene rings is 1. The van der Waals surface area contributed by atoms with E-state index in [4.69, 9.17) is 11.6 Å². The standard InChI is InChI=1S/C14H13Cl/c15-14(9-8-11-6-7-11)10-13(14)12-4-2-1-3-5-12/h1-5,11,13H,6-7,10H2/t13-,14+/m0/s1. The van der Waals surface area contributed by atoms with Crippen LogP contribution in [0.1, 0.15) is 30.7 Å². The average molecular weight is 217 g/mol. The van der Waals surface area contributed by atoms with Crippen molar-refractivity contribution in [2.75, 3.05) is 0 Å². The highest BCUT2D eigenvalue weighted by Crippen LogP contribution is 2.56. The molecule has 2 fully saturated rings. The van der Waals surface area contributed by atoms with Crippen LogP contribution in [0.25, 0.3) is 0 Å². The Kier molecular flexibility index (Phi) is 2.04. The normalized spacial score (nSPS) is 33.0. The van der Waals surface area contributed by atoms with Crippen molar-refractivity contribution >= 4 is 11.6 Å². The van der Waals surface area contributed by atoms with Crippen LogP contribution in [0.4, 0.5) is 0 Å². The molecule has 0 spiro atoms. The Labute approximate surface area is 95.6 Å². The molecule has 3 rings (SSSR count). The van der Waals surface area contributed by atoms with E-state index in [1.165, 1.54) is 18.4 Å². The molecular formula is C14H13Cl. The lowest BCUT2D eigenvalue weighted by Gasteiger charge is -2.00. The van der Waals surface area contributed by atoms with Crippen LogP contribution in [0.15, 0.2) is 30.3 Å². The summed E-state index contributed by atoms with van der Waals surface area (Å²) in [4.78, 5) is -0.246. The van der Waals surface area contributed by atoms with Crippen LogP contribution in [0.5, 0.6) is 0 Å². The second kappa shape index (κ2) is 3.29. The Morgan fingerprint density at radius 3 is 2.60 bits per heavy atom. The molecule has 0 N–H and O–H groups in total. The third-order valence-electron chi connectivity index (χ3n) is 3.16. The molecule has 1 heteroatoms. The summed E-state index contributed by atoms with van der Waals surface area (Å²) >= 11 is 6.44. The van der Waals surface area contributed by atoms with Gasteiger partial charge in [-0.25, -0.2) is 0 Å². The van der Waals surface area contributed by atoms with Gasteiger partial charge in [-0.15, -0.1) is 11.6 Å². The lowest BCUT2D eigenvalue weighted by atomic mass is 10.1. The average Bonchev–Trinajstić information content (AvgIpc) is 3.13. The second-order valence-electron chi connectivity index (χ2n) is 4.57. The zero-order chi connectivity index (χ0) is 10.3. The summed E-state index contributed by atoms with van der Waals surface area (Å²) in [6, 6.07) is 10.5. The minimum Gasteiger partial charge on any atom is -0.104 e. The first kappa shape index (κ1) is 9.31. The quantitative estimate of drug-likeness (QED) is 0.498. The summed E-state index contributed by atoms with van der Waals surface area (Å²) in [5.74, 6) is 7.64. The first-order chi connectivity index (χ1) is 7.28. The molecule has 0 radical (unpaired) electrons. The van der Waals surface area contributed by atoms with Crippen molar-refractivity contribution in [2.45, 2.75) is 30.1 Å². The van der Waals surface area contributed by atoms with E-state index in [9.17, 15) is 0 Å². The Bertz CT molecular complexity index is 422. The van der Waals surface area contributed by atoms with Gasteiger partial charge in [-0.1, -0.05) is 42.2 Å². The van der Waals surface area contributed by atoms with Gasteiger partial charge >= 0.3 is 0 Å². The molecule has 0 amide bonds. The smallest absolute Gasteiger partial charge is 0.104 e. The molecule has 76 valence electrons. The molecule has 2 aliphatic rings. The first-order valence-corrected chi connectivity index (χ1v) is 5.92. The van der Waals surface area contributed by atoms with Crippen LogP contribution in [-0.4, -0.2) is 4.87 Å². The highest BCUT2D eigenvalue weighted by molar-refractivity contribution is 6.29. The predicted molar refractivity (Wildman–Crippen MR) is 62.9 cm³/mol. The largest absolute Gasteiger partial charge is 0.112 e. The third kappa shape index (κ3) is 1.90. The third-order valence-corrected chi connectivity index (χ3v) is 3.67. The lowest BCUT2D eigenvalue weighted by Crippen LogP contribution is -1.97. The summed E-state index contributed by atoms with van der Waals surface area (Å²) in [5.41, 5.74) is 1.33. The molecule has 2 atom stereocenters. The van der Waals surface area contributed by atoms with E-state index >= 15 is 0 Å². The Morgan fingerprint density at radius 1 is 1.20 bits per heavy atom. The van der Waals surface area contributed by atoms with Crippen molar-refractivity contribution < 1.29 is 0 Å². The van der Waals surface area contributed by atoms with Crippen molar-refractivity contribution in [2.24, 2.45) is 5.92 Å². The van der Waals surface area contributed by atoms with E-state index in [-0.39, 0.29) is 4.87 Å². The SMILES string of the molecule is Cl[C@]1(C#CC2CC2)C[C@H]1c1ccccc1. The van der Waals surface area contributed by atoms with E-state index in [0.717, 1.165) is 6.42 Å². The molecule has 0 saturated heterocycles. The number of hydrogen-bond donors (Lipinski definition) is 0.